The molecule has 1 unspecified atom stereocenters. The second kappa shape index (κ2) is 6.55. The fourth-order valence-corrected chi connectivity index (χ4v) is 2.88. The first-order chi connectivity index (χ1) is 8.68. The van der Waals surface area contributed by atoms with Crippen LogP contribution < -0.4 is 5.32 Å². The fraction of sp³-hybridized carbons (Fsp3) is 0.462. The van der Waals surface area contributed by atoms with E-state index in [1.807, 2.05) is 29.2 Å². The molecule has 3 nitrogen and oxygen atoms in total. The molecule has 1 aromatic rings. The maximum atomic E-state index is 12.2. The molecule has 0 radical (unpaired) electrons. The normalized spacial score (nSPS) is 17.6. The summed E-state index contributed by atoms with van der Waals surface area (Å²) in [5, 5.41) is 3.95. The lowest BCUT2D eigenvalue weighted by molar-refractivity contribution is -0.131. The smallest absolute Gasteiger partial charge is 0.236 e. The topological polar surface area (TPSA) is 32.3 Å². The molecule has 0 bridgehead atoms. The summed E-state index contributed by atoms with van der Waals surface area (Å²) in [5.74, 6) is 0.149. The van der Waals surface area contributed by atoms with E-state index in [1.165, 1.54) is 0 Å². The van der Waals surface area contributed by atoms with Gasteiger partial charge in [-0.2, -0.15) is 0 Å². The number of piperazine rings is 1. The van der Waals surface area contributed by atoms with Crippen molar-refractivity contribution in [3.05, 3.63) is 34.9 Å². The summed E-state index contributed by atoms with van der Waals surface area (Å²) in [6.45, 7) is 3.31. The van der Waals surface area contributed by atoms with Gasteiger partial charge in [-0.25, -0.2) is 0 Å². The van der Waals surface area contributed by atoms with Gasteiger partial charge in [0.2, 0.25) is 5.91 Å². The van der Waals surface area contributed by atoms with E-state index >= 15 is 0 Å². The largest absolute Gasteiger partial charge is 0.339 e. The van der Waals surface area contributed by atoms with Gasteiger partial charge in [-0.15, -0.1) is 0 Å². The van der Waals surface area contributed by atoms with Crippen molar-refractivity contribution in [2.24, 2.45) is 0 Å². The monoisotopic (exact) mass is 330 g/mol. The first-order valence-corrected chi connectivity index (χ1v) is 7.35. The summed E-state index contributed by atoms with van der Waals surface area (Å²) in [6.07, 6.45) is 0.627. The molecule has 1 atom stereocenters. The van der Waals surface area contributed by atoms with Crippen molar-refractivity contribution in [2.75, 3.05) is 26.2 Å². The highest BCUT2D eigenvalue weighted by Gasteiger charge is 2.23. The van der Waals surface area contributed by atoms with Crippen molar-refractivity contribution in [1.82, 2.24) is 10.2 Å². The SMILES string of the molecule is O=C(C(Br)Cc1ccccc1Cl)N1CCNCC1. The van der Waals surface area contributed by atoms with E-state index in [4.69, 9.17) is 11.6 Å². The number of hydrogen-bond acceptors (Lipinski definition) is 2. The van der Waals surface area contributed by atoms with Crippen LogP contribution in [0.2, 0.25) is 5.02 Å². The third-order valence-electron chi connectivity index (χ3n) is 3.05. The Morgan fingerprint density at radius 3 is 2.72 bits per heavy atom. The number of halogens is 2. The van der Waals surface area contributed by atoms with Crippen molar-refractivity contribution in [2.45, 2.75) is 11.2 Å². The molecule has 1 aromatic carbocycles. The molecule has 0 spiro atoms. The summed E-state index contributed by atoms with van der Waals surface area (Å²) in [7, 11) is 0. The minimum absolute atomic E-state index is 0.149. The van der Waals surface area contributed by atoms with Crippen LogP contribution in [0.15, 0.2) is 24.3 Å². The average molecular weight is 332 g/mol. The van der Waals surface area contributed by atoms with Gasteiger partial charge in [-0.05, 0) is 18.1 Å². The van der Waals surface area contributed by atoms with Gasteiger partial charge < -0.3 is 10.2 Å². The summed E-state index contributed by atoms with van der Waals surface area (Å²) in [4.78, 5) is 13.9. The number of amides is 1. The minimum atomic E-state index is -0.199. The summed E-state index contributed by atoms with van der Waals surface area (Å²) < 4.78 is 0. The lowest BCUT2D eigenvalue weighted by Crippen LogP contribution is -2.49. The number of alkyl halides is 1. The van der Waals surface area contributed by atoms with Crippen molar-refractivity contribution >= 4 is 33.4 Å². The molecule has 0 aromatic heterocycles. The van der Waals surface area contributed by atoms with Gasteiger partial charge in [0.25, 0.3) is 0 Å². The van der Waals surface area contributed by atoms with Crippen LogP contribution in [0.5, 0.6) is 0 Å². The fourth-order valence-electron chi connectivity index (χ4n) is 2.03. The second-order valence-electron chi connectivity index (χ2n) is 4.34. The highest BCUT2D eigenvalue weighted by molar-refractivity contribution is 9.10. The maximum Gasteiger partial charge on any atom is 0.236 e. The van der Waals surface area contributed by atoms with E-state index in [9.17, 15) is 4.79 Å². The summed E-state index contributed by atoms with van der Waals surface area (Å²) >= 11 is 9.58. The number of benzene rings is 1. The van der Waals surface area contributed by atoms with E-state index in [0.717, 1.165) is 36.8 Å². The molecule has 1 saturated heterocycles. The number of carbonyl (C=O) groups is 1. The highest BCUT2D eigenvalue weighted by Crippen LogP contribution is 2.20. The minimum Gasteiger partial charge on any atom is -0.339 e. The molecular formula is C13H16BrClN2O. The van der Waals surface area contributed by atoms with Crippen molar-refractivity contribution in [3.8, 4) is 0 Å². The molecule has 2 rings (SSSR count). The Morgan fingerprint density at radius 2 is 2.06 bits per heavy atom. The van der Waals surface area contributed by atoms with Gasteiger partial charge in [-0.3, -0.25) is 4.79 Å². The molecular weight excluding hydrogens is 316 g/mol. The molecule has 1 N–H and O–H groups in total. The van der Waals surface area contributed by atoms with E-state index in [-0.39, 0.29) is 10.7 Å². The number of nitrogens with one attached hydrogen (secondary N) is 1. The Labute approximate surface area is 121 Å². The van der Waals surface area contributed by atoms with Crippen LogP contribution in [0.3, 0.4) is 0 Å². The van der Waals surface area contributed by atoms with E-state index < -0.39 is 0 Å². The van der Waals surface area contributed by atoms with Gasteiger partial charge in [0.15, 0.2) is 0 Å². The van der Waals surface area contributed by atoms with Crippen LogP contribution >= 0.6 is 27.5 Å². The molecule has 1 fully saturated rings. The lowest BCUT2D eigenvalue weighted by Gasteiger charge is -2.29. The quantitative estimate of drug-likeness (QED) is 0.860. The molecule has 5 heteroatoms. The molecule has 18 heavy (non-hydrogen) atoms. The third-order valence-corrected chi connectivity index (χ3v) is 4.14. The predicted octanol–water partition coefficient (Wildman–Crippen LogP) is 2.08. The van der Waals surface area contributed by atoms with E-state index in [2.05, 4.69) is 21.2 Å². The Morgan fingerprint density at radius 1 is 1.39 bits per heavy atom. The Bertz CT molecular complexity index is 421. The lowest BCUT2D eigenvalue weighted by atomic mass is 10.1. The van der Waals surface area contributed by atoms with Crippen molar-refractivity contribution in [1.29, 1.82) is 0 Å². The molecule has 1 amide bonds. The van der Waals surface area contributed by atoms with E-state index in [1.54, 1.807) is 0 Å². The number of rotatable bonds is 3. The van der Waals surface area contributed by atoms with Crippen LogP contribution in [0.4, 0.5) is 0 Å². The second-order valence-corrected chi connectivity index (χ2v) is 5.85. The first-order valence-electron chi connectivity index (χ1n) is 6.05. The van der Waals surface area contributed by atoms with Crippen LogP contribution in [0, 0.1) is 0 Å². The predicted molar refractivity (Wildman–Crippen MR) is 77.3 cm³/mol. The zero-order chi connectivity index (χ0) is 13.0. The molecule has 1 aliphatic rings. The van der Waals surface area contributed by atoms with Gasteiger partial charge in [-0.1, -0.05) is 45.7 Å². The van der Waals surface area contributed by atoms with Gasteiger partial charge in [0.1, 0.15) is 0 Å². The number of nitrogens with zero attached hydrogens (tertiary/aromatic N) is 1. The standard InChI is InChI=1S/C13H16BrClN2O/c14-11(9-10-3-1-2-4-12(10)15)13(18)17-7-5-16-6-8-17/h1-4,11,16H,5-9H2. The molecule has 1 aliphatic heterocycles. The van der Waals surface area contributed by atoms with Crippen LogP contribution in [-0.2, 0) is 11.2 Å². The Kier molecular flexibility index (Phi) is 5.03. The number of carbonyl (C=O) groups excluding carboxylic acids is 1. The zero-order valence-electron chi connectivity index (χ0n) is 10.0. The highest BCUT2D eigenvalue weighted by atomic mass is 79.9. The first kappa shape index (κ1) is 13.8. The molecule has 0 saturated carbocycles. The van der Waals surface area contributed by atoms with Crippen molar-refractivity contribution in [3.63, 3.8) is 0 Å². The van der Waals surface area contributed by atoms with Gasteiger partial charge in [0, 0.05) is 31.2 Å². The summed E-state index contributed by atoms with van der Waals surface area (Å²) in [6, 6.07) is 7.65. The summed E-state index contributed by atoms with van der Waals surface area (Å²) in [5.41, 5.74) is 1.00. The van der Waals surface area contributed by atoms with Gasteiger partial charge in [0.05, 0.1) is 4.83 Å². The zero-order valence-corrected chi connectivity index (χ0v) is 12.4. The van der Waals surface area contributed by atoms with Crippen LogP contribution in [0.25, 0.3) is 0 Å². The van der Waals surface area contributed by atoms with E-state index in [0.29, 0.717) is 6.42 Å². The molecule has 98 valence electrons. The molecule has 0 aliphatic carbocycles. The van der Waals surface area contributed by atoms with Crippen LogP contribution in [-0.4, -0.2) is 41.8 Å². The Hall–Kier alpha value is -0.580. The van der Waals surface area contributed by atoms with Gasteiger partial charge >= 0.3 is 0 Å². The van der Waals surface area contributed by atoms with Crippen LogP contribution in [0.1, 0.15) is 5.56 Å². The average Bonchev–Trinajstić information content (AvgIpc) is 2.41. The number of hydrogen-bond donors (Lipinski definition) is 1. The molecule has 1 heterocycles. The van der Waals surface area contributed by atoms with Crippen molar-refractivity contribution < 1.29 is 4.79 Å². The Balaban J connectivity index is 1.96. The maximum absolute atomic E-state index is 12.2. The third kappa shape index (κ3) is 3.46.